The molecule has 0 saturated carbocycles. The van der Waals surface area contributed by atoms with Gasteiger partial charge < -0.3 is 10.1 Å². The highest BCUT2D eigenvalue weighted by molar-refractivity contribution is 9.10. The van der Waals surface area contributed by atoms with Gasteiger partial charge in [-0.3, -0.25) is 4.79 Å². The zero-order chi connectivity index (χ0) is 19.5. The number of benzene rings is 2. The average Bonchev–Trinajstić information content (AvgIpc) is 2.53. The Morgan fingerprint density at radius 2 is 1.81 bits per heavy atom. The van der Waals surface area contributed by atoms with Crippen molar-refractivity contribution in [2.45, 2.75) is 12.6 Å². The molecule has 136 valence electrons. The van der Waals surface area contributed by atoms with Crippen LogP contribution < -0.4 is 10.1 Å². The fourth-order valence-electron chi connectivity index (χ4n) is 1.87. The Balaban J connectivity index is 2.32. The molecule has 0 atom stereocenters. The lowest BCUT2D eigenvalue weighted by Gasteiger charge is -2.13. The molecule has 1 N–H and O–H groups in total. The van der Waals surface area contributed by atoms with Crippen molar-refractivity contribution in [2.75, 3.05) is 5.32 Å². The van der Waals surface area contributed by atoms with Gasteiger partial charge in [-0.15, -0.1) is 0 Å². The van der Waals surface area contributed by atoms with Gasteiger partial charge in [-0.1, -0.05) is 0 Å². The van der Waals surface area contributed by atoms with Crippen molar-refractivity contribution in [2.24, 2.45) is 0 Å². The van der Waals surface area contributed by atoms with Crippen LogP contribution in [0.2, 0.25) is 0 Å². The SMILES string of the molecule is N#CCC(=O)Nc1cc(Oc2c(F)cc(C(F)(F)F)cc2F)ccc1Br. The van der Waals surface area contributed by atoms with Crippen LogP contribution in [0.3, 0.4) is 0 Å². The van der Waals surface area contributed by atoms with Crippen molar-refractivity contribution in [3.8, 4) is 17.6 Å². The van der Waals surface area contributed by atoms with E-state index in [0.717, 1.165) is 0 Å². The second-order valence-corrected chi connectivity index (χ2v) is 5.75. The van der Waals surface area contributed by atoms with Gasteiger partial charge in [-0.05, 0) is 40.2 Å². The van der Waals surface area contributed by atoms with Crippen molar-refractivity contribution in [1.29, 1.82) is 5.26 Å². The van der Waals surface area contributed by atoms with Crippen LogP contribution in [-0.4, -0.2) is 5.91 Å². The van der Waals surface area contributed by atoms with E-state index in [4.69, 9.17) is 10.00 Å². The average molecular weight is 435 g/mol. The molecule has 0 aliphatic heterocycles. The van der Waals surface area contributed by atoms with Crippen LogP contribution in [0.4, 0.5) is 27.6 Å². The Bertz CT molecular complexity index is 870. The lowest BCUT2D eigenvalue weighted by Crippen LogP contribution is -2.10. The second kappa shape index (κ2) is 7.70. The smallest absolute Gasteiger partial charge is 0.416 e. The molecule has 2 aromatic rings. The molecule has 0 bridgehead atoms. The number of rotatable bonds is 4. The maximum absolute atomic E-state index is 13.8. The molecule has 2 aromatic carbocycles. The molecule has 0 aromatic heterocycles. The molecular weight excluding hydrogens is 427 g/mol. The number of hydrogen-bond acceptors (Lipinski definition) is 3. The zero-order valence-corrected chi connectivity index (χ0v) is 14.2. The van der Waals surface area contributed by atoms with E-state index >= 15 is 0 Å². The predicted molar refractivity (Wildman–Crippen MR) is 84.4 cm³/mol. The number of halogens is 6. The summed E-state index contributed by atoms with van der Waals surface area (Å²) in [6.07, 6.45) is -5.32. The Morgan fingerprint density at radius 3 is 2.35 bits per heavy atom. The van der Waals surface area contributed by atoms with Crippen LogP contribution in [-0.2, 0) is 11.0 Å². The fraction of sp³-hybridized carbons (Fsp3) is 0.125. The third-order valence-electron chi connectivity index (χ3n) is 3.00. The van der Waals surface area contributed by atoms with Crippen LogP contribution in [0.5, 0.6) is 11.5 Å². The summed E-state index contributed by atoms with van der Waals surface area (Å²) in [5.41, 5.74) is -1.34. The first-order valence-corrected chi connectivity index (χ1v) is 7.61. The molecule has 4 nitrogen and oxygen atoms in total. The van der Waals surface area contributed by atoms with Crippen LogP contribution in [0.1, 0.15) is 12.0 Å². The van der Waals surface area contributed by atoms with Crippen molar-refractivity contribution < 1.29 is 31.5 Å². The van der Waals surface area contributed by atoms with Gasteiger partial charge in [0.15, 0.2) is 17.4 Å². The number of nitrogens with one attached hydrogen (secondary N) is 1. The molecule has 0 fully saturated rings. The fourth-order valence-corrected chi connectivity index (χ4v) is 2.21. The van der Waals surface area contributed by atoms with Gasteiger partial charge >= 0.3 is 6.18 Å². The van der Waals surface area contributed by atoms with Crippen molar-refractivity contribution >= 4 is 27.5 Å². The number of nitrogens with zero attached hydrogens (tertiary/aromatic N) is 1. The van der Waals surface area contributed by atoms with E-state index in [1.807, 2.05) is 0 Å². The predicted octanol–water partition coefficient (Wildman–Crippen LogP) is 5.39. The van der Waals surface area contributed by atoms with Crippen molar-refractivity contribution in [3.05, 3.63) is 52.0 Å². The summed E-state index contributed by atoms with van der Waals surface area (Å²) in [4.78, 5) is 11.5. The minimum atomic E-state index is -4.91. The summed E-state index contributed by atoms with van der Waals surface area (Å²) in [6.45, 7) is 0. The number of hydrogen-bond donors (Lipinski definition) is 1. The van der Waals surface area contributed by atoms with Crippen molar-refractivity contribution in [1.82, 2.24) is 0 Å². The number of ether oxygens (including phenoxy) is 1. The van der Waals surface area contributed by atoms with Gasteiger partial charge in [0.05, 0.1) is 17.3 Å². The maximum Gasteiger partial charge on any atom is 0.416 e. The maximum atomic E-state index is 13.8. The Kier molecular flexibility index (Phi) is 5.82. The van der Waals surface area contributed by atoms with Crippen LogP contribution in [0.15, 0.2) is 34.8 Å². The summed E-state index contributed by atoms with van der Waals surface area (Å²) in [5.74, 6) is -4.85. The lowest BCUT2D eigenvalue weighted by molar-refractivity contribution is -0.138. The molecule has 26 heavy (non-hydrogen) atoms. The lowest BCUT2D eigenvalue weighted by atomic mass is 10.2. The second-order valence-electron chi connectivity index (χ2n) is 4.89. The van der Waals surface area contributed by atoms with E-state index in [-0.39, 0.29) is 23.6 Å². The number of carbonyl (C=O) groups is 1. The van der Waals surface area contributed by atoms with Gasteiger partial charge in [0.2, 0.25) is 5.91 Å². The third kappa shape index (κ3) is 4.70. The first-order valence-electron chi connectivity index (χ1n) is 6.82. The molecule has 1 amide bonds. The Morgan fingerprint density at radius 1 is 1.19 bits per heavy atom. The van der Waals surface area contributed by atoms with Crippen LogP contribution in [0, 0.1) is 23.0 Å². The first kappa shape index (κ1) is 19.7. The highest BCUT2D eigenvalue weighted by atomic mass is 79.9. The molecule has 10 heteroatoms. The highest BCUT2D eigenvalue weighted by Gasteiger charge is 2.33. The summed E-state index contributed by atoms with van der Waals surface area (Å²) in [5, 5.41) is 10.8. The van der Waals surface area contributed by atoms with Crippen LogP contribution in [0.25, 0.3) is 0 Å². The molecule has 0 saturated heterocycles. The van der Waals surface area contributed by atoms with E-state index in [0.29, 0.717) is 4.47 Å². The zero-order valence-electron chi connectivity index (χ0n) is 12.6. The van der Waals surface area contributed by atoms with Gasteiger partial charge in [0, 0.05) is 10.5 Å². The van der Waals surface area contributed by atoms with Crippen LogP contribution >= 0.6 is 15.9 Å². The summed E-state index contributed by atoms with van der Waals surface area (Å²) >= 11 is 3.13. The molecule has 0 aliphatic carbocycles. The molecular formula is C16H8BrF5N2O2. The summed E-state index contributed by atoms with van der Waals surface area (Å²) < 4.78 is 70.7. The molecule has 2 rings (SSSR count). The van der Waals surface area contributed by atoms with E-state index < -0.39 is 41.5 Å². The minimum absolute atomic E-state index is 0.118. The number of amides is 1. The monoisotopic (exact) mass is 434 g/mol. The van der Waals surface area contributed by atoms with Gasteiger partial charge in [0.25, 0.3) is 0 Å². The van der Waals surface area contributed by atoms with E-state index in [9.17, 15) is 26.7 Å². The normalized spacial score (nSPS) is 11.0. The van der Waals surface area contributed by atoms with Crippen molar-refractivity contribution in [3.63, 3.8) is 0 Å². The molecule has 0 heterocycles. The number of alkyl halides is 3. The summed E-state index contributed by atoms with van der Waals surface area (Å²) in [6, 6.07) is 5.74. The highest BCUT2D eigenvalue weighted by Crippen LogP contribution is 2.36. The topological polar surface area (TPSA) is 62.1 Å². The van der Waals surface area contributed by atoms with E-state index in [1.165, 1.54) is 18.2 Å². The Labute approximate surface area is 152 Å². The van der Waals surface area contributed by atoms with Gasteiger partial charge in [-0.25, -0.2) is 8.78 Å². The van der Waals surface area contributed by atoms with E-state index in [2.05, 4.69) is 21.2 Å². The Hall–Kier alpha value is -2.67. The molecule has 0 unspecified atom stereocenters. The quantitative estimate of drug-likeness (QED) is 0.656. The third-order valence-corrected chi connectivity index (χ3v) is 3.69. The molecule has 0 radical (unpaired) electrons. The largest absolute Gasteiger partial charge is 0.451 e. The standard InChI is InChI=1S/C16H8BrF5N2O2/c17-10-2-1-9(7-13(10)24-14(25)3-4-23)26-15-11(18)5-8(6-12(15)19)16(20,21)22/h1-2,5-7H,3H2,(H,24,25). The number of anilines is 1. The van der Waals surface area contributed by atoms with Gasteiger partial charge in [0.1, 0.15) is 12.2 Å². The summed E-state index contributed by atoms with van der Waals surface area (Å²) in [7, 11) is 0. The first-order chi connectivity index (χ1) is 12.1. The van der Waals surface area contributed by atoms with E-state index in [1.54, 1.807) is 6.07 Å². The molecule has 0 aliphatic rings. The molecule has 0 spiro atoms. The number of nitriles is 1. The minimum Gasteiger partial charge on any atom is -0.451 e. The number of carbonyl (C=O) groups excluding carboxylic acids is 1. The van der Waals surface area contributed by atoms with Gasteiger partial charge in [-0.2, -0.15) is 18.4 Å².